The molecule has 0 aliphatic heterocycles. The van der Waals surface area contributed by atoms with Crippen molar-refractivity contribution in [2.24, 2.45) is 0 Å². The van der Waals surface area contributed by atoms with Crippen LogP contribution in [-0.4, -0.2) is 20.2 Å². The van der Waals surface area contributed by atoms with Crippen LogP contribution in [0, 0.1) is 0 Å². The molecule has 3 rings (SSSR count). The van der Waals surface area contributed by atoms with Gasteiger partial charge in [0.1, 0.15) is 11.5 Å². The van der Waals surface area contributed by atoms with Gasteiger partial charge in [-0.2, -0.15) is 0 Å². The fraction of sp³-hybridized carbons (Fsp3) is 0. The Hall–Kier alpha value is -3.28. The van der Waals surface area contributed by atoms with Crippen molar-refractivity contribution in [3.05, 3.63) is 48.7 Å². The van der Waals surface area contributed by atoms with E-state index in [2.05, 4.69) is 9.97 Å². The average molecular weight is 294 g/mol. The van der Waals surface area contributed by atoms with Crippen molar-refractivity contribution < 1.29 is 10.2 Å². The fourth-order valence-electron chi connectivity index (χ4n) is 2.08. The second-order valence-electron chi connectivity index (χ2n) is 4.81. The molecule has 0 saturated carbocycles. The van der Waals surface area contributed by atoms with E-state index < -0.39 is 0 Å². The maximum atomic E-state index is 10.0. The third-order valence-electron chi connectivity index (χ3n) is 3.29. The van der Waals surface area contributed by atoms with Crippen LogP contribution in [0.3, 0.4) is 0 Å². The molecule has 0 amide bonds. The van der Waals surface area contributed by atoms with Gasteiger partial charge in [-0.05, 0) is 35.4 Å². The first-order valence-electron chi connectivity index (χ1n) is 6.55. The molecule has 110 valence electrons. The number of anilines is 2. The molecule has 0 radical (unpaired) electrons. The predicted octanol–water partition coefficient (Wildman–Crippen LogP) is 2.39. The van der Waals surface area contributed by atoms with Crippen LogP contribution >= 0.6 is 0 Å². The number of nitrogens with two attached hydrogens (primary N) is 2. The molecule has 0 unspecified atom stereocenters. The molecule has 0 aliphatic rings. The van der Waals surface area contributed by atoms with Crippen LogP contribution in [0.25, 0.3) is 22.5 Å². The van der Waals surface area contributed by atoms with Gasteiger partial charge in [-0.1, -0.05) is 18.2 Å². The van der Waals surface area contributed by atoms with E-state index in [0.29, 0.717) is 11.4 Å². The number of benzene rings is 2. The molecule has 0 bridgehead atoms. The molecule has 6 nitrogen and oxygen atoms in total. The molecule has 22 heavy (non-hydrogen) atoms. The van der Waals surface area contributed by atoms with Crippen molar-refractivity contribution >= 4 is 11.5 Å². The first-order chi connectivity index (χ1) is 10.5. The van der Waals surface area contributed by atoms with Gasteiger partial charge in [-0.25, -0.2) is 9.97 Å². The first-order valence-corrected chi connectivity index (χ1v) is 6.55. The van der Waals surface area contributed by atoms with Gasteiger partial charge in [0, 0.05) is 0 Å². The van der Waals surface area contributed by atoms with Crippen LogP contribution in [0.2, 0.25) is 0 Å². The highest BCUT2D eigenvalue weighted by Crippen LogP contribution is 2.32. The maximum Gasteiger partial charge on any atom is 0.165 e. The Labute approximate surface area is 126 Å². The van der Waals surface area contributed by atoms with E-state index in [1.807, 2.05) is 0 Å². The third kappa shape index (κ3) is 2.49. The van der Waals surface area contributed by atoms with E-state index >= 15 is 0 Å². The number of phenolic OH excluding ortho intramolecular Hbond substituents is 2. The van der Waals surface area contributed by atoms with Crippen LogP contribution in [0.1, 0.15) is 0 Å². The lowest BCUT2D eigenvalue weighted by molar-refractivity contribution is 0.475. The first kappa shape index (κ1) is 13.7. The largest absolute Gasteiger partial charge is 0.508 e. The van der Waals surface area contributed by atoms with Crippen molar-refractivity contribution in [3.63, 3.8) is 0 Å². The molecule has 3 aromatic rings. The Morgan fingerprint density at radius 1 is 0.864 bits per heavy atom. The van der Waals surface area contributed by atoms with E-state index in [4.69, 9.17) is 11.5 Å². The number of hydrogen-bond acceptors (Lipinski definition) is 6. The minimum Gasteiger partial charge on any atom is -0.508 e. The topological polar surface area (TPSA) is 118 Å². The highest BCUT2D eigenvalue weighted by molar-refractivity contribution is 5.75. The summed E-state index contributed by atoms with van der Waals surface area (Å²) in [5.74, 6) is 0.702. The van der Waals surface area contributed by atoms with Gasteiger partial charge >= 0.3 is 0 Å². The smallest absolute Gasteiger partial charge is 0.165 e. The molecule has 6 N–H and O–H groups in total. The standard InChI is InChI=1S/C16H14N4O2/c17-13-8-19-16(20-15(13)18)12-7-10(3-6-14(12)22)9-1-4-11(21)5-2-9/h1-8,21-22H,17H2,(H2,18,19,20). The summed E-state index contributed by atoms with van der Waals surface area (Å²) in [4.78, 5) is 8.20. The molecule has 0 fully saturated rings. The van der Waals surface area contributed by atoms with Gasteiger partial charge in [-0.15, -0.1) is 0 Å². The Balaban J connectivity index is 2.10. The lowest BCUT2D eigenvalue weighted by Crippen LogP contribution is -2.01. The predicted molar refractivity (Wildman–Crippen MR) is 85.1 cm³/mol. The van der Waals surface area contributed by atoms with Crippen molar-refractivity contribution in [1.82, 2.24) is 9.97 Å². The SMILES string of the molecule is Nc1cnc(-c2cc(-c3ccc(O)cc3)ccc2O)nc1N. The lowest BCUT2D eigenvalue weighted by atomic mass is 10.0. The zero-order valence-corrected chi connectivity index (χ0v) is 11.6. The molecule has 1 aromatic heterocycles. The van der Waals surface area contributed by atoms with Crippen LogP contribution in [0.15, 0.2) is 48.7 Å². The Morgan fingerprint density at radius 2 is 1.55 bits per heavy atom. The summed E-state index contributed by atoms with van der Waals surface area (Å²) < 4.78 is 0. The Kier molecular flexibility index (Phi) is 3.27. The Bertz CT molecular complexity index is 832. The van der Waals surface area contributed by atoms with Crippen molar-refractivity contribution in [2.45, 2.75) is 0 Å². The second-order valence-corrected chi connectivity index (χ2v) is 4.81. The van der Waals surface area contributed by atoms with Crippen molar-refractivity contribution in [3.8, 4) is 34.0 Å². The van der Waals surface area contributed by atoms with E-state index in [-0.39, 0.29) is 23.0 Å². The van der Waals surface area contributed by atoms with Gasteiger partial charge < -0.3 is 21.7 Å². The van der Waals surface area contributed by atoms with Crippen molar-refractivity contribution in [1.29, 1.82) is 0 Å². The molecular formula is C16H14N4O2. The van der Waals surface area contributed by atoms with Gasteiger partial charge in [0.15, 0.2) is 11.6 Å². The Morgan fingerprint density at radius 3 is 2.23 bits per heavy atom. The van der Waals surface area contributed by atoms with Crippen LogP contribution in [0.5, 0.6) is 11.5 Å². The summed E-state index contributed by atoms with van der Waals surface area (Å²) in [6, 6.07) is 11.8. The molecule has 0 atom stereocenters. The molecule has 2 aromatic carbocycles. The minimum atomic E-state index is 0.0479. The van der Waals surface area contributed by atoms with Gasteiger partial charge in [0.2, 0.25) is 0 Å². The zero-order valence-electron chi connectivity index (χ0n) is 11.6. The number of rotatable bonds is 2. The number of hydrogen-bond donors (Lipinski definition) is 4. The average Bonchev–Trinajstić information content (AvgIpc) is 2.51. The van der Waals surface area contributed by atoms with Crippen LogP contribution < -0.4 is 11.5 Å². The summed E-state index contributed by atoms with van der Waals surface area (Å²) in [5, 5.41) is 19.4. The fourth-order valence-corrected chi connectivity index (χ4v) is 2.08. The lowest BCUT2D eigenvalue weighted by Gasteiger charge is -2.08. The van der Waals surface area contributed by atoms with Crippen molar-refractivity contribution in [2.75, 3.05) is 11.5 Å². The van der Waals surface area contributed by atoms with E-state index in [9.17, 15) is 10.2 Å². The summed E-state index contributed by atoms with van der Waals surface area (Å²) in [7, 11) is 0. The molecule has 0 aliphatic carbocycles. The van der Waals surface area contributed by atoms with E-state index in [1.54, 1.807) is 42.5 Å². The second kappa shape index (κ2) is 5.25. The molecule has 0 spiro atoms. The number of nitrogens with zero attached hydrogens (tertiary/aromatic N) is 2. The summed E-state index contributed by atoms with van der Waals surface area (Å²) in [6.45, 7) is 0. The molecule has 6 heteroatoms. The van der Waals surface area contributed by atoms with Gasteiger partial charge in [-0.3, -0.25) is 0 Å². The monoisotopic (exact) mass is 294 g/mol. The minimum absolute atomic E-state index is 0.0479. The quantitative estimate of drug-likeness (QED) is 0.576. The van der Waals surface area contributed by atoms with Crippen LogP contribution in [0.4, 0.5) is 11.5 Å². The third-order valence-corrected chi connectivity index (χ3v) is 3.29. The maximum absolute atomic E-state index is 10.0. The van der Waals surface area contributed by atoms with Gasteiger partial charge in [0.25, 0.3) is 0 Å². The number of nitrogen functional groups attached to an aromatic ring is 2. The van der Waals surface area contributed by atoms with Crippen LogP contribution in [-0.2, 0) is 0 Å². The molecular weight excluding hydrogens is 280 g/mol. The highest BCUT2D eigenvalue weighted by Gasteiger charge is 2.11. The highest BCUT2D eigenvalue weighted by atomic mass is 16.3. The zero-order chi connectivity index (χ0) is 15.7. The summed E-state index contributed by atoms with van der Waals surface area (Å²) in [5.41, 5.74) is 13.8. The number of aromatic hydroxyl groups is 2. The van der Waals surface area contributed by atoms with E-state index in [0.717, 1.165) is 11.1 Å². The number of aromatic nitrogens is 2. The van der Waals surface area contributed by atoms with Gasteiger partial charge in [0.05, 0.1) is 17.4 Å². The summed E-state index contributed by atoms with van der Waals surface area (Å²) in [6.07, 6.45) is 1.41. The van der Waals surface area contributed by atoms with E-state index in [1.165, 1.54) is 6.20 Å². The molecule has 1 heterocycles. The summed E-state index contributed by atoms with van der Waals surface area (Å²) >= 11 is 0. The normalized spacial score (nSPS) is 10.5. The molecule has 0 saturated heterocycles. The number of phenols is 2.